The van der Waals surface area contributed by atoms with Gasteiger partial charge in [0.25, 0.3) is 0 Å². The third-order valence-electron chi connectivity index (χ3n) is 13.6. The molecule has 74 heavy (non-hydrogen) atoms. The zero-order valence-corrected chi connectivity index (χ0v) is 49.1. The van der Waals surface area contributed by atoms with Gasteiger partial charge in [-0.25, -0.2) is 0 Å². The molecule has 0 aliphatic carbocycles. The van der Waals surface area contributed by atoms with Crippen LogP contribution in [0.25, 0.3) is 0 Å². The summed E-state index contributed by atoms with van der Waals surface area (Å²) >= 11 is 0. The van der Waals surface area contributed by atoms with E-state index in [1.165, 1.54) is 173 Å². The van der Waals surface area contributed by atoms with Crippen LogP contribution in [-0.2, 0) is 23.8 Å². The number of hydrogen-bond acceptors (Lipinski definition) is 5. The van der Waals surface area contributed by atoms with Gasteiger partial charge in [-0.05, 0) is 103 Å². The minimum atomic E-state index is -0.561. The zero-order chi connectivity index (χ0) is 53.4. The lowest BCUT2D eigenvalue weighted by atomic mass is 10.0. The van der Waals surface area contributed by atoms with Gasteiger partial charge in [0.15, 0.2) is 6.10 Å². The normalized spacial score (nSPS) is 12.9. The molecule has 0 radical (unpaired) electrons. The molecule has 1 atom stereocenters. The smallest absolute Gasteiger partial charge is 0.306 e. The Morgan fingerprint density at radius 3 is 1.01 bits per heavy atom. The van der Waals surface area contributed by atoms with Crippen LogP contribution in [0.5, 0.6) is 0 Å². The van der Waals surface area contributed by atoms with E-state index in [0.29, 0.717) is 19.4 Å². The summed E-state index contributed by atoms with van der Waals surface area (Å²) < 4.78 is 17.5. The highest BCUT2D eigenvalue weighted by Crippen LogP contribution is 2.16. The summed E-state index contributed by atoms with van der Waals surface area (Å²) in [6.45, 7) is 7.67. The van der Waals surface area contributed by atoms with Crippen molar-refractivity contribution in [2.45, 2.75) is 309 Å². The fourth-order valence-electron chi connectivity index (χ4n) is 8.90. The van der Waals surface area contributed by atoms with E-state index in [4.69, 9.17) is 14.2 Å². The maximum absolute atomic E-state index is 12.9. The Kier molecular flexibility index (Phi) is 61.4. The molecule has 5 nitrogen and oxygen atoms in total. The molecule has 0 saturated heterocycles. The minimum absolute atomic E-state index is 0.0620. The lowest BCUT2D eigenvalue weighted by Gasteiger charge is -2.18. The summed E-state index contributed by atoms with van der Waals surface area (Å²) in [5.74, 6) is -0.430. The minimum Gasteiger partial charge on any atom is -0.462 e. The predicted octanol–water partition coefficient (Wildman–Crippen LogP) is 22.1. The summed E-state index contributed by atoms with van der Waals surface area (Å²) in [6.07, 6.45) is 87.3. The number of ether oxygens (including phenoxy) is 3. The molecule has 0 rings (SSSR count). The van der Waals surface area contributed by atoms with Crippen LogP contribution in [0.2, 0.25) is 0 Å². The van der Waals surface area contributed by atoms with Crippen LogP contribution in [-0.4, -0.2) is 37.9 Å². The Morgan fingerprint density at radius 1 is 0.311 bits per heavy atom. The summed E-state index contributed by atoms with van der Waals surface area (Å²) in [5.41, 5.74) is 0. The molecular weight excluding hydrogens is 909 g/mol. The Labute approximate surface area is 460 Å². The van der Waals surface area contributed by atoms with Crippen molar-refractivity contribution < 1.29 is 23.8 Å². The second-order valence-electron chi connectivity index (χ2n) is 20.9. The second-order valence-corrected chi connectivity index (χ2v) is 20.9. The van der Waals surface area contributed by atoms with Crippen LogP contribution in [0, 0.1) is 0 Å². The van der Waals surface area contributed by atoms with Crippen molar-refractivity contribution in [1.29, 1.82) is 0 Å². The lowest BCUT2D eigenvalue weighted by Crippen LogP contribution is -2.30. The number of unbranched alkanes of at least 4 members (excludes halogenated alkanes) is 31. The first kappa shape index (κ1) is 70.8. The predicted molar refractivity (Wildman–Crippen MR) is 325 cm³/mol. The molecule has 0 aromatic carbocycles. The van der Waals surface area contributed by atoms with Crippen molar-refractivity contribution in [2.75, 3.05) is 19.8 Å². The third kappa shape index (κ3) is 61.4. The van der Waals surface area contributed by atoms with Crippen LogP contribution >= 0.6 is 0 Å². The highest BCUT2D eigenvalue weighted by atomic mass is 16.6. The van der Waals surface area contributed by atoms with Crippen molar-refractivity contribution in [3.8, 4) is 0 Å². The molecule has 0 aliphatic heterocycles. The van der Waals surface area contributed by atoms with Crippen molar-refractivity contribution in [3.05, 3.63) is 97.2 Å². The second kappa shape index (κ2) is 64.1. The first-order valence-electron chi connectivity index (χ1n) is 31.8. The summed E-state index contributed by atoms with van der Waals surface area (Å²) in [7, 11) is 0. The van der Waals surface area contributed by atoms with E-state index in [1.54, 1.807) is 0 Å². The van der Waals surface area contributed by atoms with Gasteiger partial charge in [0.1, 0.15) is 6.61 Å². The molecule has 0 bridgehead atoms. The molecule has 0 amide bonds. The molecule has 0 aliphatic rings. The van der Waals surface area contributed by atoms with Crippen molar-refractivity contribution >= 4 is 11.9 Å². The standard InChI is InChI=1S/C69H120O5/c1-4-7-10-13-16-19-22-25-28-31-34-37-40-43-46-49-52-55-58-61-64-72-65-67(74-69(71)63-60-57-54-51-48-45-42-39-36-33-30-27-24-21-18-15-12-9-6-3)66-73-68(70)62-59-56-53-50-47-44-41-38-35-32-29-26-23-20-17-14-11-8-5-2/h8,11,16-17,19-20,25-26,28-29,34-35,37-38,44,47,67H,4-7,9-10,12-15,18,21-24,27,30-33,36,39-43,45-46,48-66H2,1-3H3/b11-8-,19-16-,20-17-,28-25-,29-26-,37-34-,38-35-,47-44-. The number of rotatable bonds is 58. The van der Waals surface area contributed by atoms with Crippen molar-refractivity contribution in [3.63, 3.8) is 0 Å². The third-order valence-corrected chi connectivity index (χ3v) is 13.6. The van der Waals surface area contributed by atoms with Crippen LogP contribution < -0.4 is 0 Å². The first-order valence-corrected chi connectivity index (χ1v) is 31.8. The Balaban J connectivity index is 4.35. The number of carbonyl (C=O) groups excluding carboxylic acids is 2. The van der Waals surface area contributed by atoms with E-state index in [2.05, 4.69) is 118 Å². The van der Waals surface area contributed by atoms with E-state index in [9.17, 15) is 9.59 Å². The van der Waals surface area contributed by atoms with Gasteiger partial charge in [-0.3, -0.25) is 9.59 Å². The fraction of sp³-hybridized carbons (Fsp3) is 0.739. The number of carbonyl (C=O) groups is 2. The molecule has 426 valence electrons. The Morgan fingerprint density at radius 2 is 0.608 bits per heavy atom. The molecule has 0 aromatic rings. The monoisotopic (exact) mass is 1030 g/mol. The summed E-state index contributed by atoms with van der Waals surface area (Å²) in [5, 5.41) is 0. The van der Waals surface area contributed by atoms with Crippen LogP contribution in [0.3, 0.4) is 0 Å². The van der Waals surface area contributed by atoms with E-state index in [0.717, 1.165) is 96.3 Å². The topological polar surface area (TPSA) is 61.8 Å². The van der Waals surface area contributed by atoms with Gasteiger partial charge in [-0.15, -0.1) is 0 Å². The Hall–Kier alpha value is -3.18. The molecule has 5 heteroatoms. The van der Waals surface area contributed by atoms with Gasteiger partial charge in [0, 0.05) is 19.4 Å². The van der Waals surface area contributed by atoms with Gasteiger partial charge in [0.05, 0.1) is 6.61 Å². The van der Waals surface area contributed by atoms with Gasteiger partial charge in [0.2, 0.25) is 0 Å². The highest BCUT2D eigenvalue weighted by molar-refractivity contribution is 5.70. The molecule has 0 aromatic heterocycles. The Bertz CT molecular complexity index is 1400. The molecule has 0 heterocycles. The highest BCUT2D eigenvalue weighted by Gasteiger charge is 2.17. The molecule has 0 N–H and O–H groups in total. The van der Waals surface area contributed by atoms with E-state index < -0.39 is 6.10 Å². The van der Waals surface area contributed by atoms with Gasteiger partial charge in [-0.1, -0.05) is 285 Å². The first-order chi connectivity index (χ1) is 36.6. The maximum atomic E-state index is 12.9. The number of allylic oxidation sites excluding steroid dienone is 16. The summed E-state index contributed by atoms with van der Waals surface area (Å²) in [4.78, 5) is 25.6. The van der Waals surface area contributed by atoms with E-state index >= 15 is 0 Å². The SMILES string of the molecule is CC/C=C\C/C=C\C/C=C\C/C=C\C/C=C\CCCCCC(=O)OCC(COCCCCCCCCC/C=C\C/C=C\C/C=C\CCCCC)OC(=O)CCCCCCCCCCCCCCCCCCCCC. The van der Waals surface area contributed by atoms with Crippen LogP contribution in [0.1, 0.15) is 303 Å². The molecular formula is C69H120O5. The van der Waals surface area contributed by atoms with Crippen molar-refractivity contribution in [1.82, 2.24) is 0 Å². The largest absolute Gasteiger partial charge is 0.462 e. The zero-order valence-electron chi connectivity index (χ0n) is 49.1. The van der Waals surface area contributed by atoms with Gasteiger partial charge < -0.3 is 14.2 Å². The maximum Gasteiger partial charge on any atom is 0.306 e. The summed E-state index contributed by atoms with van der Waals surface area (Å²) in [6, 6.07) is 0. The van der Waals surface area contributed by atoms with E-state index in [-0.39, 0.29) is 25.2 Å². The van der Waals surface area contributed by atoms with Crippen LogP contribution in [0.15, 0.2) is 97.2 Å². The number of hydrogen-bond donors (Lipinski definition) is 0. The molecule has 0 saturated carbocycles. The van der Waals surface area contributed by atoms with Gasteiger partial charge in [-0.2, -0.15) is 0 Å². The van der Waals surface area contributed by atoms with Crippen molar-refractivity contribution in [2.24, 2.45) is 0 Å². The molecule has 0 fully saturated rings. The quantitative estimate of drug-likeness (QED) is 0.0345. The number of esters is 2. The molecule has 1 unspecified atom stereocenters. The molecule has 0 spiro atoms. The fourth-order valence-corrected chi connectivity index (χ4v) is 8.90. The van der Waals surface area contributed by atoms with Crippen LogP contribution in [0.4, 0.5) is 0 Å². The van der Waals surface area contributed by atoms with E-state index in [1.807, 2.05) is 0 Å². The average molecular weight is 1030 g/mol. The average Bonchev–Trinajstić information content (AvgIpc) is 3.40. The lowest BCUT2D eigenvalue weighted by molar-refractivity contribution is -0.163. The van der Waals surface area contributed by atoms with Gasteiger partial charge >= 0.3 is 11.9 Å².